The molecule has 0 spiro atoms. The quantitative estimate of drug-likeness (QED) is 0.781. The van der Waals surface area contributed by atoms with E-state index >= 15 is 0 Å². The zero-order valence-electron chi connectivity index (χ0n) is 9.48. The molecule has 1 aromatic rings. The maximum absolute atomic E-state index is 9.97. The molecule has 0 aromatic heterocycles. The summed E-state index contributed by atoms with van der Waals surface area (Å²) in [4.78, 5) is 0. The Bertz CT molecular complexity index is 292. The van der Waals surface area contributed by atoms with E-state index in [9.17, 15) is 10.2 Å². The molecule has 0 aliphatic carbocycles. The zero-order chi connectivity index (χ0) is 11.3. The van der Waals surface area contributed by atoms with Gasteiger partial charge in [-0.1, -0.05) is 38.8 Å². The Morgan fingerprint density at radius 2 is 1.87 bits per heavy atom. The SMILES string of the molecule is CCC(CC)C(O)Cc1cccc(O)c1. The third-order valence-corrected chi connectivity index (χ3v) is 2.95. The predicted molar refractivity (Wildman–Crippen MR) is 61.9 cm³/mol. The van der Waals surface area contributed by atoms with Gasteiger partial charge in [-0.25, -0.2) is 0 Å². The number of phenolic OH excluding ortho intramolecular Hbond substituents is 1. The van der Waals surface area contributed by atoms with Gasteiger partial charge in [0.1, 0.15) is 5.75 Å². The number of hydrogen-bond donors (Lipinski definition) is 2. The minimum atomic E-state index is -0.304. The van der Waals surface area contributed by atoms with E-state index in [1.807, 2.05) is 12.1 Å². The highest BCUT2D eigenvalue weighted by atomic mass is 16.3. The van der Waals surface area contributed by atoms with Crippen LogP contribution >= 0.6 is 0 Å². The fraction of sp³-hybridized carbons (Fsp3) is 0.538. The Morgan fingerprint density at radius 3 is 2.40 bits per heavy atom. The van der Waals surface area contributed by atoms with Crippen molar-refractivity contribution < 1.29 is 10.2 Å². The lowest BCUT2D eigenvalue weighted by molar-refractivity contribution is 0.103. The van der Waals surface area contributed by atoms with E-state index in [0.717, 1.165) is 18.4 Å². The van der Waals surface area contributed by atoms with Crippen molar-refractivity contribution in [1.29, 1.82) is 0 Å². The van der Waals surface area contributed by atoms with Crippen LogP contribution in [0.5, 0.6) is 5.75 Å². The second-order valence-electron chi connectivity index (χ2n) is 4.02. The maximum atomic E-state index is 9.97. The zero-order valence-corrected chi connectivity index (χ0v) is 9.48. The minimum absolute atomic E-state index is 0.268. The molecule has 84 valence electrons. The van der Waals surface area contributed by atoms with Crippen LogP contribution in [0.25, 0.3) is 0 Å². The highest BCUT2D eigenvalue weighted by molar-refractivity contribution is 5.27. The van der Waals surface area contributed by atoms with Crippen molar-refractivity contribution >= 4 is 0 Å². The van der Waals surface area contributed by atoms with Gasteiger partial charge in [0.15, 0.2) is 0 Å². The Hall–Kier alpha value is -1.02. The van der Waals surface area contributed by atoms with Gasteiger partial charge in [-0.15, -0.1) is 0 Å². The number of phenols is 1. The summed E-state index contributed by atoms with van der Waals surface area (Å²) >= 11 is 0. The fourth-order valence-electron chi connectivity index (χ4n) is 1.92. The van der Waals surface area contributed by atoms with Crippen LogP contribution < -0.4 is 0 Å². The average molecular weight is 208 g/mol. The molecule has 0 saturated carbocycles. The topological polar surface area (TPSA) is 40.5 Å². The van der Waals surface area contributed by atoms with E-state index in [0.29, 0.717) is 12.3 Å². The van der Waals surface area contributed by atoms with E-state index in [2.05, 4.69) is 13.8 Å². The fourth-order valence-corrected chi connectivity index (χ4v) is 1.92. The lowest BCUT2D eigenvalue weighted by Crippen LogP contribution is -2.21. The average Bonchev–Trinajstić information content (AvgIpc) is 2.19. The van der Waals surface area contributed by atoms with Crippen molar-refractivity contribution in [1.82, 2.24) is 0 Å². The van der Waals surface area contributed by atoms with Crippen molar-refractivity contribution in [3.63, 3.8) is 0 Å². The largest absolute Gasteiger partial charge is 0.508 e. The molecule has 0 saturated heterocycles. The molecule has 0 radical (unpaired) electrons. The van der Waals surface area contributed by atoms with Crippen LogP contribution in [0.15, 0.2) is 24.3 Å². The molecule has 1 rings (SSSR count). The van der Waals surface area contributed by atoms with Crippen LogP contribution in [-0.2, 0) is 6.42 Å². The first kappa shape index (κ1) is 12.1. The maximum Gasteiger partial charge on any atom is 0.115 e. The standard InChI is InChI=1S/C13H20O2/c1-3-11(4-2)13(15)9-10-6-5-7-12(14)8-10/h5-8,11,13-15H,3-4,9H2,1-2H3. The molecule has 0 fully saturated rings. The van der Waals surface area contributed by atoms with Gasteiger partial charge in [0.05, 0.1) is 6.10 Å². The minimum Gasteiger partial charge on any atom is -0.508 e. The molecule has 1 unspecified atom stereocenters. The van der Waals surface area contributed by atoms with Gasteiger partial charge in [-0.2, -0.15) is 0 Å². The third kappa shape index (κ3) is 3.56. The molecule has 2 heteroatoms. The molecule has 0 bridgehead atoms. The molecular weight excluding hydrogens is 188 g/mol. The molecule has 0 amide bonds. The summed E-state index contributed by atoms with van der Waals surface area (Å²) in [6.45, 7) is 4.19. The molecule has 2 nitrogen and oxygen atoms in total. The van der Waals surface area contributed by atoms with Gasteiger partial charge in [0.2, 0.25) is 0 Å². The van der Waals surface area contributed by atoms with E-state index in [4.69, 9.17) is 0 Å². The van der Waals surface area contributed by atoms with Gasteiger partial charge in [0, 0.05) is 0 Å². The first-order valence-corrected chi connectivity index (χ1v) is 5.63. The predicted octanol–water partition coefficient (Wildman–Crippen LogP) is 2.73. The molecule has 0 aliphatic rings. The van der Waals surface area contributed by atoms with E-state index in [1.54, 1.807) is 12.1 Å². The Morgan fingerprint density at radius 1 is 1.20 bits per heavy atom. The summed E-state index contributed by atoms with van der Waals surface area (Å²) in [5.41, 5.74) is 0.995. The smallest absolute Gasteiger partial charge is 0.115 e. The second-order valence-corrected chi connectivity index (χ2v) is 4.02. The van der Waals surface area contributed by atoms with Crippen LogP contribution in [0, 0.1) is 5.92 Å². The molecule has 15 heavy (non-hydrogen) atoms. The van der Waals surface area contributed by atoms with Gasteiger partial charge < -0.3 is 10.2 Å². The van der Waals surface area contributed by atoms with Gasteiger partial charge in [-0.05, 0) is 30.0 Å². The normalized spacial score (nSPS) is 13.1. The second kappa shape index (κ2) is 5.76. The highest BCUT2D eigenvalue weighted by Gasteiger charge is 2.15. The van der Waals surface area contributed by atoms with Crippen LogP contribution in [-0.4, -0.2) is 16.3 Å². The third-order valence-electron chi connectivity index (χ3n) is 2.95. The number of benzene rings is 1. The van der Waals surface area contributed by atoms with Crippen LogP contribution in [0.3, 0.4) is 0 Å². The molecule has 2 N–H and O–H groups in total. The molecular formula is C13H20O2. The van der Waals surface area contributed by atoms with Crippen LogP contribution in [0.4, 0.5) is 0 Å². The lowest BCUT2D eigenvalue weighted by atomic mass is 9.92. The van der Waals surface area contributed by atoms with Crippen molar-refractivity contribution in [3.8, 4) is 5.75 Å². The Kier molecular flexibility index (Phi) is 4.63. The first-order chi connectivity index (χ1) is 7.17. The van der Waals surface area contributed by atoms with Crippen molar-refractivity contribution in [2.75, 3.05) is 0 Å². The molecule has 1 atom stereocenters. The number of aromatic hydroxyl groups is 1. The van der Waals surface area contributed by atoms with Crippen molar-refractivity contribution in [2.45, 2.75) is 39.2 Å². The van der Waals surface area contributed by atoms with Crippen LogP contribution in [0.1, 0.15) is 32.3 Å². The Labute approximate surface area is 91.6 Å². The van der Waals surface area contributed by atoms with Crippen LogP contribution in [0.2, 0.25) is 0 Å². The number of aliphatic hydroxyl groups excluding tert-OH is 1. The summed E-state index contributed by atoms with van der Waals surface area (Å²) in [6.07, 6.45) is 2.31. The van der Waals surface area contributed by atoms with Crippen molar-refractivity contribution in [3.05, 3.63) is 29.8 Å². The molecule has 0 aliphatic heterocycles. The summed E-state index contributed by atoms with van der Waals surface area (Å²) in [5, 5.41) is 19.3. The highest BCUT2D eigenvalue weighted by Crippen LogP contribution is 2.19. The monoisotopic (exact) mass is 208 g/mol. The Balaban J connectivity index is 2.61. The number of aliphatic hydroxyl groups is 1. The lowest BCUT2D eigenvalue weighted by Gasteiger charge is -2.19. The van der Waals surface area contributed by atoms with Gasteiger partial charge >= 0.3 is 0 Å². The van der Waals surface area contributed by atoms with Gasteiger partial charge in [0.25, 0.3) is 0 Å². The summed E-state index contributed by atoms with van der Waals surface area (Å²) < 4.78 is 0. The summed E-state index contributed by atoms with van der Waals surface area (Å²) in [7, 11) is 0. The molecule has 0 heterocycles. The van der Waals surface area contributed by atoms with Crippen molar-refractivity contribution in [2.24, 2.45) is 5.92 Å². The van der Waals surface area contributed by atoms with E-state index in [-0.39, 0.29) is 11.9 Å². The first-order valence-electron chi connectivity index (χ1n) is 5.63. The summed E-state index contributed by atoms with van der Waals surface area (Å²) in [5.74, 6) is 0.622. The van der Waals surface area contributed by atoms with E-state index < -0.39 is 0 Å². The number of rotatable bonds is 5. The number of hydrogen-bond acceptors (Lipinski definition) is 2. The molecule has 1 aromatic carbocycles. The van der Waals surface area contributed by atoms with Gasteiger partial charge in [-0.3, -0.25) is 0 Å². The van der Waals surface area contributed by atoms with E-state index in [1.165, 1.54) is 0 Å². The summed E-state index contributed by atoms with van der Waals surface area (Å²) in [6, 6.07) is 7.11.